The number of hydrogen-bond acceptors (Lipinski definition) is 4. The molecule has 4 nitrogen and oxygen atoms in total. The zero-order chi connectivity index (χ0) is 11.3. The van der Waals surface area contributed by atoms with E-state index in [1.807, 2.05) is 19.4 Å². The van der Waals surface area contributed by atoms with E-state index in [2.05, 4.69) is 9.88 Å². The van der Waals surface area contributed by atoms with E-state index < -0.39 is 5.97 Å². The van der Waals surface area contributed by atoms with Crippen LogP contribution in [0.2, 0.25) is 0 Å². The molecular formula is C10H16N2O2S. The number of aryl methyl sites for hydroxylation is 1. The van der Waals surface area contributed by atoms with E-state index in [1.54, 1.807) is 11.3 Å². The fraction of sp³-hybridized carbons (Fsp3) is 0.600. The number of hydrogen-bond donors (Lipinski definition) is 1. The summed E-state index contributed by atoms with van der Waals surface area (Å²) in [6.07, 6.45) is 0.928. The molecule has 0 aliphatic rings. The molecule has 1 heterocycles. The fourth-order valence-electron chi connectivity index (χ4n) is 1.29. The summed E-state index contributed by atoms with van der Waals surface area (Å²) in [5.74, 6) is -0.728. The Kier molecular flexibility index (Phi) is 4.71. The Morgan fingerprint density at radius 1 is 1.67 bits per heavy atom. The summed E-state index contributed by atoms with van der Waals surface area (Å²) in [5, 5.41) is 11.6. The molecular weight excluding hydrogens is 212 g/mol. The average Bonchev–Trinajstić information content (AvgIpc) is 2.50. The lowest BCUT2D eigenvalue weighted by Crippen LogP contribution is -2.19. The van der Waals surface area contributed by atoms with Crippen molar-refractivity contribution in [3.63, 3.8) is 0 Å². The van der Waals surface area contributed by atoms with Crippen molar-refractivity contribution in [3.8, 4) is 0 Å². The van der Waals surface area contributed by atoms with Gasteiger partial charge in [-0.3, -0.25) is 9.69 Å². The molecule has 0 bridgehead atoms. The summed E-state index contributed by atoms with van der Waals surface area (Å²) in [6, 6.07) is 0. The first-order valence-electron chi connectivity index (χ1n) is 4.89. The second-order valence-corrected chi connectivity index (χ2v) is 4.56. The van der Waals surface area contributed by atoms with Gasteiger partial charge in [0.1, 0.15) is 5.01 Å². The molecule has 0 aromatic carbocycles. The lowest BCUT2D eigenvalue weighted by Gasteiger charge is -2.13. The van der Waals surface area contributed by atoms with Crippen LogP contribution < -0.4 is 0 Å². The van der Waals surface area contributed by atoms with Crippen LogP contribution in [0.4, 0.5) is 0 Å². The SMILES string of the molecule is Cc1csc(CN(C)CCCC(=O)O)n1. The number of aromatic nitrogens is 1. The quantitative estimate of drug-likeness (QED) is 0.806. The maximum atomic E-state index is 10.3. The van der Waals surface area contributed by atoms with Gasteiger partial charge in [0, 0.05) is 17.5 Å². The van der Waals surface area contributed by atoms with E-state index in [1.165, 1.54) is 0 Å². The summed E-state index contributed by atoms with van der Waals surface area (Å²) in [6.45, 7) is 3.58. The molecule has 1 rings (SSSR count). The van der Waals surface area contributed by atoms with Gasteiger partial charge in [-0.25, -0.2) is 4.98 Å². The zero-order valence-corrected chi connectivity index (χ0v) is 9.88. The number of carboxylic acids is 1. The molecule has 0 saturated heterocycles. The highest BCUT2D eigenvalue weighted by molar-refractivity contribution is 7.09. The first-order valence-corrected chi connectivity index (χ1v) is 5.77. The van der Waals surface area contributed by atoms with Crippen molar-refractivity contribution < 1.29 is 9.90 Å². The Morgan fingerprint density at radius 2 is 2.40 bits per heavy atom. The Labute approximate surface area is 93.6 Å². The molecule has 1 N–H and O–H groups in total. The van der Waals surface area contributed by atoms with Crippen molar-refractivity contribution in [1.82, 2.24) is 9.88 Å². The smallest absolute Gasteiger partial charge is 0.303 e. The zero-order valence-electron chi connectivity index (χ0n) is 9.06. The highest BCUT2D eigenvalue weighted by atomic mass is 32.1. The van der Waals surface area contributed by atoms with Gasteiger partial charge in [-0.15, -0.1) is 11.3 Å². The highest BCUT2D eigenvalue weighted by Crippen LogP contribution is 2.10. The molecule has 0 unspecified atom stereocenters. The van der Waals surface area contributed by atoms with Crippen LogP contribution in [0.3, 0.4) is 0 Å². The predicted molar refractivity (Wildman–Crippen MR) is 60.1 cm³/mol. The first kappa shape index (κ1) is 12.1. The Hall–Kier alpha value is -0.940. The van der Waals surface area contributed by atoms with E-state index >= 15 is 0 Å². The predicted octanol–water partition coefficient (Wildman–Crippen LogP) is 1.75. The van der Waals surface area contributed by atoms with E-state index in [4.69, 9.17) is 5.11 Å². The highest BCUT2D eigenvalue weighted by Gasteiger charge is 2.04. The van der Waals surface area contributed by atoms with Crippen LogP contribution in [0.5, 0.6) is 0 Å². The Bertz CT molecular complexity index is 325. The molecule has 0 saturated carbocycles. The number of carbonyl (C=O) groups is 1. The third-order valence-electron chi connectivity index (χ3n) is 2.00. The minimum atomic E-state index is -0.728. The van der Waals surface area contributed by atoms with Crippen molar-refractivity contribution in [2.24, 2.45) is 0 Å². The van der Waals surface area contributed by atoms with Crippen LogP contribution in [-0.2, 0) is 11.3 Å². The molecule has 1 aromatic rings. The van der Waals surface area contributed by atoms with Gasteiger partial charge in [0.15, 0.2) is 0 Å². The van der Waals surface area contributed by atoms with Crippen LogP contribution in [0.1, 0.15) is 23.5 Å². The second kappa shape index (κ2) is 5.82. The Morgan fingerprint density at radius 3 is 2.93 bits per heavy atom. The third-order valence-corrected chi connectivity index (χ3v) is 2.95. The molecule has 1 aromatic heterocycles. The molecule has 0 aliphatic heterocycles. The molecule has 0 spiro atoms. The fourth-order valence-corrected chi connectivity index (χ4v) is 2.14. The molecule has 0 radical (unpaired) electrons. The molecule has 0 amide bonds. The second-order valence-electron chi connectivity index (χ2n) is 3.62. The van der Waals surface area contributed by atoms with Gasteiger partial charge in [0.05, 0.1) is 6.54 Å². The maximum Gasteiger partial charge on any atom is 0.303 e. The van der Waals surface area contributed by atoms with Gasteiger partial charge < -0.3 is 5.11 Å². The lowest BCUT2D eigenvalue weighted by molar-refractivity contribution is -0.137. The van der Waals surface area contributed by atoms with E-state index in [-0.39, 0.29) is 6.42 Å². The molecule has 0 atom stereocenters. The minimum Gasteiger partial charge on any atom is -0.481 e. The first-order chi connectivity index (χ1) is 7.08. The topological polar surface area (TPSA) is 53.4 Å². The lowest BCUT2D eigenvalue weighted by atomic mass is 10.3. The van der Waals surface area contributed by atoms with Gasteiger partial charge >= 0.3 is 5.97 Å². The van der Waals surface area contributed by atoms with Crippen molar-refractivity contribution in [3.05, 3.63) is 16.1 Å². The van der Waals surface area contributed by atoms with E-state index in [0.717, 1.165) is 23.8 Å². The van der Waals surface area contributed by atoms with Gasteiger partial charge in [-0.05, 0) is 26.9 Å². The van der Waals surface area contributed by atoms with Crippen molar-refractivity contribution >= 4 is 17.3 Å². The summed E-state index contributed by atoms with van der Waals surface area (Å²) < 4.78 is 0. The largest absolute Gasteiger partial charge is 0.481 e. The van der Waals surface area contributed by atoms with Crippen LogP contribution in [0.15, 0.2) is 5.38 Å². The van der Waals surface area contributed by atoms with Gasteiger partial charge in [-0.1, -0.05) is 0 Å². The van der Waals surface area contributed by atoms with Gasteiger partial charge in [0.25, 0.3) is 0 Å². The number of carboxylic acid groups (broad SMARTS) is 1. The van der Waals surface area contributed by atoms with Crippen LogP contribution in [0, 0.1) is 6.92 Å². The van der Waals surface area contributed by atoms with Gasteiger partial charge in [0.2, 0.25) is 0 Å². The summed E-state index contributed by atoms with van der Waals surface area (Å²) in [5.41, 5.74) is 1.05. The van der Waals surface area contributed by atoms with Crippen LogP contribution >= 0.6 is 11.3 Å². The molecule has 84 valence electrons. The van der Waals surface area contributed by atoms with E-state index in [0.29, 0.717) is 6.42 Å². The average molecular weight is 228 g/mol. The molecule has 15 heavy (non-hydrogen) atoms. The van der Waals surface area contributed by atoms with Gasteiger partial charge in [-0.2, -0.15) is 0 Å². The van der Waals surface area contributed by atoms with Crippen molar-refractivity contribution in [1.29, 1.82) is 0 Å². The summed E-state index contributed by atoms with van der Waals surface area (Å²) in [4.78, 5) is 16.8. The van der Waals surface area contributed by atoms with Crippen LogP contribution in [-0.4, -0.2) is 34.6 Å². The molecule has 0 fully saturated rings. The van der Waals surface area contributed by atoms with Crippen LogP contribution in [0.25, 0.3) is 0 Å². The Balaban J connectivity index is 2.24. The van der Waals surface area contributed by atoms with Crippen molar-refractivity contribution in [2.75, 3.05) is 13.6 Å². The monoisotopic (exact) mass is 228 g/mol. The number of nitrogens with zero attached hydrogens (tertiary/aromatic N) is 2. The standard InChI is InChI=1S/C10H16N2O2S/c1-8-7-15-9(11-8)6-12(2)5-3-4-10(13)14/h7H,3-6H2,1-2H3,(H,13,14). The van der Waals surface area contributed by atoms with Crippen molar-refractivity contribution in [2.45, 2.75) is 26.3 Å². The summed E-state index contributed by atoms with van der Waals surface area (Å²) in [7, 11) is 1.98. The summed E-state index contributed by atoms with van der Waals surface area (Å²) >= 11 is 1.65. The number of rotatable bonds is 6. The normalized spacial score (nSPS) is 10.9. The van der Waals surface area contributed by atoms with E-state index in [9.17, 15) is 4.79 Å². The molecule has 5 heteroatoms. The maximum absolute atomic E-state index is 10.3. The third kappa shape index (κ3) is 4.90. The number of aliphatic carboxylic acids is 1. The minimum absolute atomic E-state index is 0.237. The number of thiazole rings is 1. The molecule has 0 aliphatic carbocycles.